The molecule has 0 unspecified atom stereocenters. The molecule has 0 aromatic carbocycles. The smallest absolute Gasteiger partial charge is 0.242 e. The van der Waals surface area contributed by atoms with E-state index in [0.29, 0.717) is 12.7 Å². The van der Waals surface area contributed by atoms with Crippen molar-refractivity contribution in [3.8, 4) is 0 Å². The first-order valence-electron chi connectivity index (χ1n) is 6.11. The zero-order valence-corrected chi connectivity index (χ0v) is 11.4. The molecule has 0 rings (SSSR count). The van der Waals surface area contributed by atoms with Crippen LogP contribution in [0, 0.1) is 5.92 Å². The fourth-order valence-electron chi connectivity index (χ4n) is 1.40. The van der Waals surface area contributed by atoms with E-state index in [1.54, 1.807) is 14.0 Å². The van der Waals surface area contributed by atoms with Crippen LogP contribution in [-0.2, 0) is 14.4 Å². The molecular formula is C12H23N3O3. The number of aldehydes is 1. The molecule has 2 amide bonds. The number of carbonyl (C=O) groups is 3. The summed E-state index contributed by atoms with van der Waals surface area (Å²) in [4.78, 5) is 33.7. The predicted molar refractivity (Wildman–Crippen MR) is 69.0 cm³/mol. The van der Waals surface area contributed by atoms with Crippen molar-refractivity contribution in [3.63, 3.8) is 0 Å². The minimum atomic E-state index is -0.603. The lowest BCUT2D eigenvalue weighted by Crippen LogP contribution is -2.52. The second-order valence-corrected chi connectivity index (χ2v) is 4.61. The van der Waals surface area contributed by atoms with Gasteiger partial charge in [0.25, 0.3) is 0 Å². The highest BCUT2D eigenvalue weighted by molar-refractivity contribution is 5.90. The summed E-state index contributed by atoms with van der Waals surface area (Å²) >= 11 is 0. The zero-order valence-electron chi connectivity index (χ0n) is 11.4. The van der Waals surface area contributed by atoms with E-state index in [1.807, 2.05) is 13.8 Å². The number of hydrogen-bond donors (Lipinski definition) is 3. The fourth-order valence-corrected chi connectivity index (χ4v) is 1.40. The Morgan fingerprint density at radius 1 is 1.17 bits per heavy atom. The molecule has 0 fully saturated rings. The first-order chi connectivity index (χ1) is 8.42. The van der Waals surface area contributed by atoms with Crippen LogP contribution in [0.1, 0.15) is 27.2 Å². The molecule has 104 valence electrons. The molecule has 6 heteroatoms. The van der Waals surface area contributed by atoms with E-state index in [2.05, 4.69) is 16.0 Å². The van der Waals surface area contributed by atoms with Crippen molar-refractivity contribution in [3.05, 3.63) is 0 Å². The van der Waals surface area contributed by atoms with Crippen LogP contribution in [0.15, 0.2) is 0 Å². The normalized spacial score (nSPS) is 13.8. The molecule has 0 aromatic heterocycles. The lowest BCUT2D eigenvalue weighted by Gasteiger charge is -2.21. The van der Waals surface area contributed by atoms with Gasteiger partial charge in [-0.15, -0.1) is 0 Å². The minimum Gasteiger partial charge on any atom is -0.348 e. The Hall–Kier alpha value is -1.43. The standard InChI is InChI=1S/C12H23N3O3/c1-8(2)7-10(12(18)14-5-6-16)15-11(17)9(3)13-4/h6,8-10,13H,5,7H2,1-4H3,(H,14,18)(H,15,17)/t9-,10-/m0/s1. The average molecular weight is 257 g/mol. The Kier molecular flexibility index (Phi) is 7.94. The Bertz CT molecular complexity index is 292. The number of amides is 2. The first kappa shape index (κ1) is 16.6. The van der Waals surface area contributed by atoms with Gasteiger partial charge in [0.15, 0.2) is 0 Å². The highest BCUT2D eigenvalue weighted by atomic mass is 16.2. The van der Waals surface area contributed by atoms with Crippen molar-refractivity contribution in [2.45, 2.75) is 39.3 Å². The van der Waals surface area contributed by atoms with Gasteiger partial charge < -0.3 is 20.7 Å². The van der Waals surface area contributed by atoms with Crippen LogP contribution >= 0.6 is 0 Å². The van der Waals surface area contributed by atoms with Gasteiger partial charge in [-0.3, -0.25) is 9.59 Å². The number of rotatable bonds is 8. The third kappa shape index (κ3) is 6.34. The SMILES string of the molecule is CN[C@@H](C)C(=O)N[C@@H](CC(C)C)C(=O)NCC=O. The summed E-state index contributed by atoms with van der Waals surface area (Å²) in [6.07, 6.45) is 1.15. The summed E-state index contributed by atoms with van der Waals surface area (Å²) in [6, 6.07) is -0.966. The number of likely N-dealkylation sites (N-methyl/N-ethyl adjacent to an activating group) is 1. The summed E-state index contributed by atoms with van der Waals surface area (Å²) in [5.41, 5.74) is 0. The number of nitrogens with one attached hydrogen (secondary N) is 3. The van der Waals surface area contributed by atoms with Gasteiger partial charge in [0.2, 0.25) is 11.8 Å². The van der Waals surface area contributed by atoms with Crippen LogP contribution in [0.3, 0.4) is 0 Å². The van der Waals surface area contributed by atoms with Crippen LogP contribution < -0.4 is 16.0 Å². The van der Waals surface area contributed by atoms with E-state index >= 15 is 0 Å². The Morgan fingerprint density at radius 2 is 1.78 bits per heavy atom. The maximum Gasteiger partial charge on any atom is 0.242 e. The second-order valence-electron chi connectivity index (χ2n) is 4.61. The monoisotopic (exact) mass is 257 g/mol. The van der Waals surface area contributed by atoms with Gasteiger partial charge in [-0.25, -0.2) is 0 Å². The molecular weight excluding hydrogens is 234 g/mol. The van der Waals surface area contributed by atoms with Gasteiger partial charge in [-0.2, -0.15) is 0 Å². The van der Waals surface area contributed by atoms with Gasteiger partial charge >= 0.3 is 0 Å². The fraction of sp³-hybridized carbons (Fsp3) is 0.750. The van der Waals surface area contributed by atoms with Crippen LogP contribution in [0.4, 0.5) is 0 Å². The van der Waals surface area contributed by atoms with Crippen molar-refractivity contribution in [1.82, 2.24) is 16.0 Å². The lowest BCUT2D eigenvalue weighted by atomic mass is 10.0. The van der Waals surface area contributed by atoms with Gasteiger partial charge in [-0.05, 0) is 26.3 Å². The summed E-state index contributed by atoms with van der Waals surface area (Å²) in [5.74, 6) is -0.293. The van der Waals surface area contributed by atoms with Crippen molar-refractivity contribution in [1.29, 1.82) is 0 Å². The molecule has 0 aromatic rings. The summed E-state index contributed by atoms with van der Waals surface area (Å²) in [5, 5.41) is 7.94. The topological polar surface area (TPSA) is 87.3 Å². The summed E-state index contributed by atoms with van der Waals surface area (Å²) in [6.45, 7) is 5.61. The molecule has 0 spiro atoms. The molecule has 6 nitrogen and oxygen atoms in total. The van der Waals surface area contributed by atoms with E-state index in [0.717, 1.165) is 0 Å². The van der Waals surface area contributed by atoms with Gasteiger partial charge in [0.05, 0.1) is 12.6 Å². The minimum absolute atomic E-state index is 0.0368. The quantitative estimate of drug-likeness (QED) is 0.509. The third-order valence-electron chi connectivity index (χ3n) is 2.53. The van der Waals surface area contributed by atoms with Crippen LogP contribution in [0.25, 0.3) is 0 Å². The molecule has 0 radical (unpaired) electrons. The van der Waals surface area contributed by atoms with E-state index < -0.39 is 6.04 Å². The van der Waals surface area contributed by atoms with Gasteiger partial charge in [-0.1, -0.05) is 13.8 Å². The van der Waals surface area contributed by atoms with E-state index in [9.17, 15) is 14.4 Å². The van der Waals surface area contributed by atoms with Gasteiger partial charge in [0.1, 0.15) is 12.3 Å². The van der Waals surface area contributed by atoms with Crippen LogP contribution in [-0.4, -0.2) is 43.8 Å². The van der Waals surface area contributed by atoms with Crippen LogP contribution in [0.2, 0.25) is 0 Å². The molecule has 0 saturated carbocycles. The molecule has 2 atom stereocenters. The molecule has 0 bridgehead atoms. The maximum atomic E-state index is 11.8. The van der Waals surface area contributed by atoms with Crippen molar-refractivity contribution in [2.24, 2.45) is 5.92 Å². The Balaban J connectivity index is 4.52. The highest BCUT2D eigenvalue weighted by Gasteiger charge is 2.23. The van der Waals surface area contributed by atoms with Crippen molar-refractivity contribution < 1.29 is 14.4 Å². The molecule has 0 aliphatic carbocycles. The van der Waals surface area contributed by atoms with Gasteiger partial charge in [0, 0.05) is 0 Å². The van der Waals surface area contributed by atoms with Crippen molar-refractivity contribution >= 4 is 18.1 Å². The lowest BCUT2D eigenvalue weighted by molar-refractivity contribution is -0.130. The predicted octanol–water partition coefficient (Wildman–Crippen LogP) is -0.560. The third-order valence-corrected chi connectivity index (χ3v) is 2.53. The Labute approximate surface area is 108 Å². The largest absolute Gasteiger partial charge is 0.348 e. The molecule has 0 aliphatic heterocycles. The zero-order chi connectivity index (χ0) is 14.1. The summed E-state index contributed by atoms with van der Waals surface area (Å²) < 4.78 is 0. The average Bonchev–Trinajstić information content (AvgIpc) is 2.33. The molecule has 0 heterocycles. The molecule has 0 saturated heterocycles. The van der Waals surface area contributed by atoms with Crippen molar-refractivity contribution in [2.75, 3.05) is 13.6 Å². The summed E-state index contributed by atoms with van der Waals surface area (Å²) in [7, 11) is 1.67. The van der Waals surface area contributed by atoms with Crippen LogP contribution in [0.5, 0.6) is 0 Å². The molecule has 0 aliphatic rings. The van der Waals surface area contributed by atoms with E-state index in [4.69, 9.17) is 0 Å². The van der Waals surface area contributed by atoms with E-state index in [1.165, 1.54) is 0 Å². The molecule has 18 heavy (non-hydrogen) atoms. The number of carbonyl (C=O) groups excluding carboxylic acids is 3. The first-order valence-corrected chi connectivity index (χ1v) is 6.11. The Morgan fingerprint density at radius 3 is 2.22 bits per heavy atom. The molecule has 3 N–H and O–H groups in total. The maximum absolute atomic E-state index is 11.8. The van der Waals surface area contributed by atoms with E-state index in [-0.39, 0.29) is 30.3 Å². The second kappa shape index (κ2) is 8.63. The number of hydrogen-bond acceptors (Lipinski definition) is 4. The highest BCUT2D eigenvalue weighted by Crippen LogP contribution is 2.05.